The molecule has 0 saturated heterocycles. The number of ether oxygens (including phenoxy) is 2. The number of hydrogen-bond acceptors (Lipinski definition) is 4. The van der Waals surface area contributed by atoms with Gasteiger partial charge < -0.3 is 0 Å². The average molecular weight is 373 g/mol. The van der Waals surface area contributed by atoms with E-state index < -0.39 is 29.9 Å². The Kier molecular flexibility index (Phi) is 5.98. The summed E-state index contributed by atoms with van der Waals surface area (Å²) < 4.78 is 25.1. The molecule has 4 nitrogen and oxygen atoms in total. The van der Waals surface area contributed by atoms with E-state index in [1.54, 1.807) is 0 Å². The van der Waals surface area contributed by atoms with Crippen LogP contribution in [0.1, 0.15) is 12.8 Å². The molecule has 6 heteroatoms. The summed E-state index contributed by atoms with van der Waals surface area (Å²) in [4.78, 5) is 23.5. The van der Waals surface area contributed by atoms with Gasteiger partial charge in [0.05, 0.1) is 0 Å². The summed E-state index contributed by atoms with van der Waals surface area (Å²) in [6.45, 7) is 0. The Morgan fingerprint density at radius 3 is 2.14 bits per heavy atom. The van der Waals surface area contributed by atoms with E-state index in [4.69, 9.17) is 9.47 Å². The van der Waals surface area contributed by atoms with Crippen molar-refractivity contribution >= 4 is 31.4 Å². The Morgan fingerprint density at radius 1 is 1.05 bits per heavy atom. The molecule has 0 aromatic heterocycles. The molecule has 0 radical (unpaired) electrons. The molecular formula is C16H19FO4Se. The van der Waals surface area contributed by atoms with Gasteiger partial charge in [0, 0.05) is 0 Å². The molecule has 4 atom stereocenters. The van der Waals surface area contributed by atoms with Gasteiger partial charge in [0.15, 0.2) is 0 Å². The summed E-state index contributed by atoms with van der Waals surface area (Å²) in [5.74, 6) is -2.38. The number of carbonyl (C=O) groups excluding carboxylic acids is 2. The third-order valence-electron chi connectivity index (χ3n) is 3.89. The van der Waals surface area contributed by atoms with Gasteiger partial charge in [0.1, 0.15) is 0 Å². The van der Waals surface area contributed by atoms with Crippen molar-refractivity contribution in [2.24, 2.45) is 11.8 Å². The minimum absolute atomic E-state index is 0.0195. The molecule has 1 aromatic carbocycles. The van der Waals surface area contributed by atoms with E-state index in [1.165, 1.54) is 14.2 Å². The number of halogens is 1. The molecule has 1 fully saturated rings. The van der Waals surface area contributed by atoms with Crippen LogP contribution in [-0.4, -0.2) is 47.3 Å². The number of esters is 2. The van der Waals surface area contributed by atoms with E-state index in [0.29, 0.717) is 6.42 Å². The third kappa shape index (κ3) is 3.87. The molecule has 0 aliphatic heterocycles. The second kappa shape index (κ2) is 7.75. The van der Waals surface area contributed by atoms with Crippen molar-refractivity contribution in [1.29, 1.82) is 0 Å². The van der Waals surface area contributed by atoms with E-state index in [9.17, 15) is 14.0 Å². The zero-order valence-electron chi connectivity index (χ0n) is 12.5. The molecule has 0 unspecified atom stereocenters. The van der Waals surface area contributed by atoms with Gasteiger partial charge in [-0.1, -0.05) is 0 Å². The van der Waals surface area contributed by atoms with Crippen molar-refractivity contribution in [3.05, 3.63) is 30.3 Å². The molecule has 1 aromatic rings. The van der Waals surface area contributed by atoms with Crippen LogP contribution in [0, 0.1) is 11.8 Å². The third-order valence-corrected chi connectivity index (χ3v) is 6.69. The molecule has 1 aliphatic carbocycles. The van der Waals surface area contributed by atoms with Gasteiger partial charge in [0.25, 0.3) is 0 Å². The topological polar surface area (TPSA) is 52.6 Å². The maximum absolute atomic E-state index is 14.5. The minimum atomic E-state index is -1.11. The number of benzene rings is 1. The first-order chi connectivity index (χ1) is 10.6. The Balaban J connectivity index is 2.14. The van der Waals surface area contributed by atoms with E-state index in [1.807, 2.05) is 30.3 Å². The van der Waals surface area contributed by atoms with Crippen molar-refractivity contribution < 1.29 is 23.5 Å². The zero-order chi connectivity index (χ0) is 16.1. The number of carbonyl (C=O) groups is 2. The molecule has 120 valence electrons. The number of alkyl halides is 1. The summed E-state index contributed by atoms with van der Waals surface area (Å²) in [6, 6.07) is 9.68. The molecule has 2 rings (SSSR count). The van der Waals surface area contributed by atoms with E-state index in [0.717, 1.165) is 4.46 Å². The van der Waals surface area contributed by atoms with Crippen LogP contribution in [0.3, 0.4) is 0 Å². The van der Waals surface area contributed by atoms with Crippen molar-refractivity contribution in [1.82, 2.24) is 0 Å². The zero-order valence-corrected chi connectivity index (χ0v) is 14.2. The maximum atomic E-state index is 14.5. The fourth-order valence-electron chi connectivity index (χ4n) is 2.74. The normalized spacial score (nSPS) is 28.0. The standard InChI is InChI=1S/C16H19FO4Se/c1-20-15(18)11-8-13(17)14(9-12(11)16(19)21-2)22-10-6-4-3-5-7-10/h3-7,11-14H,8-9H2,1-2H3/t11-,12-,13-,14-/m0/s1. The Bertz CT molecular complexity index is 522. The second-order valence-electron chi connectivity index (χ2n) is 5.22. The molecule has 1 aliphatic rings. The van der Waals surface area contributed by atoms with Crippen molar-refractivity contribution in [3.8, 4) is 0 Å². The molecule has 22 heavy (non-hydrogen) atoms. The fraction of sp³-hybridized carbons (Fsp3) is 0.500. The van der Waals surface area contributed by atoms with Crippen LogP contribution >= 0.6 is 0 Å². The summed E-state index contributed by atoms with van der Waals surface area (Å²) in [7, 11) is 2.54. The SMILES string of the molecule is COC(=O)[C@H]1C[C@H]([Se]c2ccccc2)[C@@H](F)C[C@@H]1C(=O)OC. The van der Waals surface area contributed by atoms with Gasteiger partial charge in [-0.05, 0) is 0 Å². The summed E-state index contributed by atoms with van der Waals surface area (Å²) in [5, 5.41) is 0. The molecule has 0 amide bonds. The van der Waals surface area contributed by atoms with Crippen LogP contribution < -0.4 is 4.46 Å². The molecule has 1 saturated carbocycles. The fourth-order valence-corrected chi connectivity index (χ4v) is 5.31. The first-order valence-electron chi connectivity index (χ1n) is 7.08. The first-order valence-corrected chi connectivity index (χ1v) is 8.92. The van der Waals surface area contributed by atoms with Crippen LogP contribution in [0.2, 0.25) is 4.82 Å². The van der Waals surface area contributed by atoms with Gasteiger partial charge in [-0.15, -0.1) is 0 Å². The first kappa shape index (κ1) is 17.0. The van der Waals surface area contributed by atoms with Gasteiger partial charge in [-0.3, -0.25) is 0 Å². The monoisotopic (exact) mass is 374 g/mol. The Morgan fingerprint density at radius 2 is 1.59 bits per heavy atom. The van der Waals surface area contributed by atoms with E-state index >= 15 is 0 Å². The van der Waals surface area contributed by atoms with Crippen LogP contribution in [0.5, 0.6) is 0 Å². The van der Waals surface area contributed by atoms with Crippen LogP contribution in [-0.2, 0) is 19.1 Å². The van der Waals surface area contributed by atoms with Gasteiger partial charge in [-0.2, -0.15) is 0 Å². The van der Waals surface area contributed by atoms with E-state index in [2.05, 4.69) is 0 Å². The molecular weight excluding hydrogens is 354 g/mol. The quantitative estimate of drug-likeness (QED) is 0.593. The summed E-state index contributed by atoms with van der Waals surface area (Å²) in [6.07, 6.45) is -0.765. The molecule has 0 bridgehead atoms. The summed E-state index contributed by atoms with van der Waals surface area (Å²) >= 11 is -0.0892. The average Bonchev–Trinajstić information content (AvgIpc) is 2.55. The van der Waals surface area contributed by atoms with Crippen molar-refractivity contribution in [2.45, 2.75) is 23.8 Å². The van der Waals surface area contributed by atoms with Gasteiger partial charge in [-0.25, -0.2) is 0 Å². The van der Waals surface area contributed by atoms with Crippen molar-refractivity contribution in [2.75, 3.05) is 14.2 Å². The number of hydrogen-bond donors (Lipinski definition) is 0. The van der Waals surface area contributed by atoms with Crippen molar-refractivity contribution in [3.63, 3.8) is 0 Å². The predicted molar refractivity (Wildman–Crippen MR) is 80.7 cm³/mol. The number of rotatable bonds is 4. The number of methoxy groups -OCH3 is 2. The molecule has 0 spiro atoms. The Labute approximate surface area is 135 Å². The summed E-state index contributed by atoms with van der Waals surface area (Å²) in [5.41, 5.74) is 0. The second-order valence-corrected chi connectivity index (χ2v) is 7.97. The van der Waals surface area contributed by atoms with Gasteiger partial charge >= 0.3 is 135 Å². The van der Waals surface area contributed by atoms with Gasteiger partial charge in [0.2, 0.25) is 0 Å². The molecule has 0 N–H and O–H groups in total. The Hall–Kier alpha value is -1.39. The molecule has 0 heterocycles. The predicted octanol–water partition coefficient (Wildman–Crippen LogP) is 1.51. The van der Waals surface area contributed by atoms with Crippen LogP contribution in [0.25, 0.3) is 0 Å². The van der Waals surface area contributed by atoms with E-state index in [-0.39, 0.29) is 26.2 Å². The van der Waals surface area contributed by atoms with Crippen LogP contribution in [0.4, 0.5) is 4.39 Å². The van der Waals surface area contributed by atoms with Crippen LogP contribution in [0.15, 0.2) is 30.3 Å².